The minimum atomic E-state index is -0.130. The first kappa shape index (κ1) is 19.6. The molecule has 146 valence electrons. The van der Waals surface area contributed by atoms with Gasteiger partial charge in [0.25, 0.3) is 0 Å². The van der Waals surface area contributed by atoms with E-state index < -0.39 is 0 Å². The molecule has 0 aliphatic heterocycles. The number of carbonyl (C=O) groups excluding carboxylic acids is 2. The summed E-state index contributed by atoms with van der Waals surface area (Å²) in [6.07, 6.45) is 0.817. The quantitative estimate of drug-likeness (QED) is 0.655. The Morgan fingerprint density at radius 2 is 1.75 bits per heavy atom. The average molecular weight is 378 g/mol. The van der Waals surface area contributed by atoms with Gasteiger partial charge in [-0.2, -0.15) is 0 Å². The van der Waals surface area contributed by atoms with Crippen molar-refractivity contribution in [2.45, 2.75) is 26.7 Å². The minimum absolute atomic E-state index is 0.0413. The number of amides is 2. The number of hydrogen-bond donors (Lipinski definition) is 1. The number of hydrogen-bond acceptors (Lipinski definition) is 3. The van der Waals surface area contributed by atoms with Crippen LogP contribution in [0, 0.1) is 0 Å². The Hall–Kier alpha value is -3.15. The molecule has 1 N–H and O–H groups in total. The van der Waals surface area contributed by atoms with Crippen LogP contribution >= 0.6 is 0 Å². The van der Waals surface area contributed by atoms with E-state index in [1.54, 1.807) is 4.90 Å². The van der Waals surface area contributed by atoms with Gasteiger partial charge in [0.05, 0.1) is 17.6 Å². The van der Waals surface area contributed by atoms with Crippen molar-refractivity contribution in [2.75, 3.05) is 19.6 Å². The van der Waals surface area contributed by atoms with Gasteiger partial charge in [0.2, 0.25) is 11.8 Å². The molecule has 0 radical (unpaired) electrons. The van der Waals surface area contributed by atoms with Crippen LogP contribution in [0.4, 0.5) is 0 Å². The largest absolute Gasteiger partial charge is 0.355 e. The molecule has 0 atom stereocenters. The molecule has 0 bridgehead atoms. The Morgan fingerprint density at radius 3 is 2.46 bits per heavy atom. The second-order valence-corrected chi connectivity index (χ2v) is 6.55. The van der Waals surface area contributed by atoms with Gasteiger partial charge in [-0.1, -0.05) is 30.3 Å². The number of para-hydroxylation sites is 3. The van der Waals surface area contributed by atoms with E-state index >= 15 is 0 Å². The lowest BCUT2D eigenvalue weighted by Crippen LogP contribution is -2.40. The van der Waals surface area contributed by atoms with Crippen molar-refractivity contribution in [1.29, 1.82) is 0 Å². The highest BCUT2D eigenvalue weighted by atomic mass is 16.2. The van der Waals surface area contributed by atoms with Crippen LogP contribution in [0.5, 0.6) is 0 Å². The Balaban J connectivity index is 1.81. The molecule has 0 saturated carbocycles. The molecule has 1 aromatic heterocycles. The standard InChI is InChI=1S/C22H26N4O2/c1-3-23-21(27)16-25(4-2)22(28)15-14-20-24-18-12-8-9-13-19(18)26(20)17-10-6-5-7-11-17/h5-13H,3-4,14-16H2,1-2H3,(H,23,27). The number of benzene rings is 2. The maximum atomic E-state index is 12.7. The van der Waals surface area contributed by atoms with Crippen molar-refractivity contribution < 1.29 is 9.59 Å². The lowest BCUT2D eigenvalue weighted by Gasteiger charge is -2.20. The molecule has 0 spiro atoms. The van der Waals surface area contributed by atoms with E-state index in [2.05, 4.69) is 9.88 Å². The van der Waals surface area contributed by atoms with Crippen LogP contribution in [-0.4, -0.2) is 45.9 Å². The van der Waals surface area contributed by atoms with Crippen LogP contribution < -0.4 is 5.32 Å². The smallest absolute Gasteiger partial charge is 0.239 e. The Morgan fingerprint density at radius 1 is 1.04 bits per heavy atom. The summed E-state index contributed by atoms with van der Waals surface area (Å²) in [7, 11) is 0. The second-order valence-electron chi connectivity index (χ2n) is 6.55. The van der Waals surface area contributed by atoms with Crippen molar-refractivity contribution in [3.8, 4) is 5.69 Å². The molecule has 3 aromatic rings. The Bertz CT molecular complexity index is 950. The zero-order chi connectivity index (χ0) is 19.9. The molecule has 0 aliphatic rings. The maximum Gasteiger partial charge on any atom is 0.239 e. The van der Waals surface area contributed by atoms with Gasteiger partial charge in [-0.05, 0) is 38.1 Å². The summed E-state index contributed by atoms with van der Waals surface area (Å²) in [5.74, 6) is 0.671. The van der Waals surface area contributed by atoms with E-state index in [-0.39, 0.29) is 18.4 Å². The highest BCUT2D eigenvalue weighted by Crippen LogP contribution is 2.22. The molecule has 0 aliphatic carbocycles. The number of imidazole rings is 1. The highest BCUT2D eigenvalue weighted by molar-refractivity contribution is 5.85. The number of aryl methyl sites for hydroxylation is 1. The van der Waals surface area contributed by atoms with Gasteiger partial charge in [0.15, 0.2) is 0 Å². The first-order chi connectivity index (χ1) is 13.6. The third kappa shape index (κ3) is 4.39. The molecule has 0 unspecified atom stereocenters. The highest BCUT2D eigenvalue weighted by Gasteiger charge is 2.18. The molecule has 6 heteroatoms. The van der Waals surface area contributed by atoms with Crippen LogP contribution in [0.1, 0.15) is 26.1 Å². The fourth-order valence-corrected chi connectivity index (χ4v) is 3.29. The maximum absolute atomic E-state index is 12.7. The normalized spacial score (nSPS) is 10.8. The lowest BCUT2D eigenvalue weighted by molar-refractivity contribution is -0.135. The second kappa shape index (κ2) is 9.17. The zero-order valence-corrected chi connectivity index (χ0v) is 16.4. The fourth-order valence-electron chi connectivity index (χ4n) is 3.29. The summed E-state index contributed by atoms with van der Waals surface area (Å²) >= 11 is 0. The first-order valence-electron chi connectivity index (χ1n) is 9.70. The van der Waals surface area contributed by atoms with Crippen molar-refractivity contribution >= 4 is 22.8 Å². The summed E-state index contributed by atoms with van der Waals surface area (Å²) in [4.78, 5) is 30.8. The molecule has 6 nitrogen and oxygen atoms in total. The number of rotatable bonds is 8. The van der Waals surface area contributed by atoms with Crippen LogP contribution in [0.2, 0.25) is 0 Å². The third-order valence-corrected chi connectivity index (χ3v) is 4.65. The van der Waals surface area contributed by atoms with E-state index in [0.717, 1.165) is 22.5 Å². The van der Waals surface area contributed by atoms with Crippen molar-refractivity contribution in [3.05, 3.63) is 60.4 Å². The van der Waals surface area contributed by atoms with Crippen molar-refractivity contribution in [1.82, 2.24) is 19.8 Å². The van der Waals surface area contributed by atoms with Crippen LogP contribution in [0.25, 0.3) is 16.7 Å². The van der Waals surface area contributed by atoms with Gasteiger partial charge in [-0.15, -0.1) is 0 Å². The van der Waals surface area contributed by atoms with E-state index in [1.165, 1.54) is 0 Å². The van der Waals surface area contributed by atoms with Gasteiger partial charge in [0, 0.05) is 31.6 Å². The number of fused-ring (bicyclic) bond motifs is 1. The molecule has 0 fully saturated rings. The number of carbonyl (C=O) groups is 2. The van der Waals surface area contributed by atoms with Crippen molar-refractivity contribution in [2.24, 2.45) is 0 Å². The van der Waals surface area contributed by atoms with Gasteiger partial charge in [0.1, 0.15) is 5.82 Å². The fraction of sp³-hybridized carbons (Fsp3) is 0.318. The molecule has 2 aromatic carbocycles. The predicted molar refractivity (Wildman–Crippen MR) is 110 cm³/mol. The molecule has 28 heavy (non-hydrogen) atoms. The lowest BCUT2D eigenvalue weighted by atomic mass is 10.2. The van der Waals surface area contributed by atoms with E-state index in [1.807, 2.05) is 68.4 Å². The molecule has 2 amide bonds. The summed E-state index contributed by atoms with van der Waals surface area (Å²) in [5, 5.41) is 2.74. The molecular formula is C22H26N4O2. The van der Waals surface area contributed by atoms with Gasteiger partial charge in [-0.25, -0.2) is 4.98 Å². The Kier molecular flexibility index (Phi) is 6.42. The number of likely N-dealkylation sites (N-methyl/N-ethyl adjacent to an activating group) is 2. The topological polar surface area (TPSA) is 67.2 Å². The average Bonchev–Trinajstić information content (AvgIpc) is 3.09. The van der Waals surface area contributed by atoms with Crippen LogP contribution in [0.3, 0.4) is 0 Å². The minimum Gasteiger partial charge on any atom is -0.355 e. The summed E-state index contributed by atoms with van der Waals surface area (Å²) < 4.78 is 2.10. The van der Waals surface area contributed by atoms with Crippen LogP contribution in [0.15, 0.2) is 54.6 Å². The molecule has 1 heterocycles. The summed E-state index contributed by atoms with van der Waals surface area (Å²) in [6, 6.07) is 18.0. The van der Waals surface area contributed by atoms with Crippen LogP contribution in [-0.2, 0) is 16.0 Å². The van der Waals surface area contributed by atoms with Gasteiger partial charge < -0.3 is 10.2 Å². The first-order valence-corrected chi connectivity index (χ1v) is 9.70. The number of nitrogens with zero attached hydrogens (tertiary/aromatic N) is 3. The zero-order valence-electron chi connectivity index (χ0n) is 16.4. The summed E-state index contributed by atoms with van der Waals surface area (Å²) in [6.45, 7) is 4.91. The Labute approximate surface area is 165 Å². The van der Waals surface area contributed by atoms with E-state index in [9.17, 15) is 9.59 Å². The number of nitrogens with one attached hydrogen (secondary N) is 1. The third-order valence-electron chi connectivity index (χ3n) is 4.65. The number of aromatic nitrogens is 2. The summed E-state index contributed by atoms with van der Waals surface area (Å²) in [5.41, 5.74) is 2.95. The monoisotopic (exact) mass is 378 g/mol. The van der Waals surface area contributed by atoms with Crippen molar-refractivity contribution in [3.63, 3.8) is 0 Å². The molecule has 0 saturated heterocycles. The molecule has 3 rings (SSSR count). The van der Waals surface area contributed by atoms with Gasteiger partial charge in [-0.3, -0.25) is 14.2 Å². The SMILES string of the molecule is CCNC(=O)CN(CC)C(=O)CCc1nc2ccccc2n1-c1ccccc1. The predicted octanol–water partition coefficient (Wildman–Crippen LogP) is 2.94. The van der Waals surface area contributed by atoms with E-state index in [0.29, 0.717) is 25.9 Å². The molecular weight excluding hydrogens is 352 g/mol. The van der Waals surface area contributed by atoms with E-state index in [4.69, 9.17) is 4.98 Å². The van der Waals surface area contributed by atoms with Gasteiger partial charge >= 0.3 is 0 Å².